The Morgan fingerprint density at radius 1 is 1.26 bits per heavy atom. The summed E-state index contributed by atoms with van der Waals surface area (Å²) >= 11 is 0. The lowest BCUT2D eigenvalue weighted by Crippen LogP contribution is -2.64. The molecule has 1 saturated carbocycles. The highest BCUT2D eigenvalue weighted by atomic mass is 16.3. The maximum atomic E-state index is 13.3. The fourth-order valence-electron chi connectivity index (χ4n) is 4.40. The summed E-state index contributed by atoms with van der Waals surface area (Å²) < 4.78 is 7.48. The van der Waals surface area contributed by atoms with Gasteiger partial charge in [0.15, 0.2) is 0 Å². The predicted octanol–water partition coefficient (Wildman–Crippen LogP) is 3.43. The second-order valence-electron chi connectivity index (χ2n) is 7.85. The predicted molar refractivity (Wildman–Crippen MR) is 102 cm³/mol. The summed E-state index contributed by atoms with van der Waals surface area (Å²) in [6, 6.07) is 7.66. The first-order valence-electron chi connectivity index (χ1n) is 9.91. The number of nitrogens with one attached hydrogen (secondary N) is 1. The van der Waals surface area contributed by atoms with Crippen LogP contribution < -0.4 is 5.32 Å². The van der Waals surface area contributed by atoms with Crippen molar-refractivity contribution in [3.63, 3.8) is 0 Å². The molecule has 27 heavy (non-hydrogen) atoms. The second kappa shape index (κ2) is 6.91. The zero-order chi connectivity index (χ0) is 19.0. The van der Waals surface area contributed by atoms with E-state index in [2.05, 4.69) is 5.32 Å². The number of carbonyl (C=O) groups excluding carboxylic acids is 2. The highest BCUT2D eigenvalue weighted by Gasteiger charge is 2.48. The largest absolute Gasteiger partial charge is 0.463 e. The summed E-state index contributed by atoms with van der Waals surface area (Å²) in [6.07, 6.45) is 6.79. The van der Waals surface area contributed by atoms with E-state index in [1.807, 2.05) is 42.7 Å². The molecule has 2 amide bonds. The Bertz CT molecular complexity index is 833. The number of carbonyl (C=O) groups is 2. The maximum absolute atomic E-state index is 13.3. The average Bonchev–Trinajstić information content (AvgIpc) is 3.39. The van der Waals surface area contributed by atoms with Crippen LogP contribution >= 0.6 is 0 Å². The van der Waals surface area contributed by atoms with Crippen molar-refractivity contribution in [3.8, 4) is 11.5 Å². The highest BCUT2D eigenvalue weighted by Crippen LogP contribution is 2.33. The molecule has 1 N–H and O–H groups in total. The van der Waals surface area contributed by atoms with Gasteiger partial charge in [0.05, 0.1) is 18.5 Å². The van der Waals surface area contributed by atoms with Crippen LogP contribution in [0.25, 0.3) is 11.5 Å². The van der Waals surface area contributed by atoms with E-state index in [9.17, 15) is 9.59 Å². The third kappa shape index (κ3) is 2.97. The van der Waals surface area contributed by atoms with Crippen molar-refractivity contribution in [2.24, 2.45) is 0 Å². The molecule has 1 fully saturated rings. The third-order valence-corrected chi connectivity index (χ3v) is 5.91. The van der Waals surface area contributed by atoms with Gasteiger partial charge in [0.2, 0.25) is 5.91 Å². The average molecular weight is 369 g/mol. The van der Waals surface area contributed by atoms with E-state index in [-0.39, 0.29) is 17.9 Å². The van der Waals surface area contributed by atoms with Crippen LogP contribution in [-0.4, -0.2) is 39.4 Å². The minimum Gasteiger partial charge on any atom is -0.463 e. The van der Waals surface area contributed by atoms with Crippen molar-refractivity contribution < 1.29 is 14.0 Å². The smallest absolute Gasteiger partial charge is 0.271 e. The summed E-state index contributed by atoms with van der Waals surface area (Å²) in [6.45, 7) is 4.91. The van der Waals surface area contributed by atoms with Gasteiger partial charge in [0.25, 0.3) is 5.91 Å². The fourth-order valence-corrected chi connectivity index (χ4v) is 4.40. The number of fused-ring (bicyclic) bond motifs is 1. The molecule has 0 radical (unpaired) electrons. The van der Waals surface area contributed by atoms with Crippen LogP contribution in [0.1, 0.15) is 56.4 Å². The molecule has 2 aliphatic rings. The molecule has 3 heterocycles. The molecule has 6 nitrogen and oxygen atoms in total. The number of nitrogens with zero attached hydrogens (tertiary/aromatic N) is 2. The topological polar surface area (TPSA) is 67.5 Å². The zero-order valence-electron chi connectivity index (χ0n) is 16.0. The molecular formula is C21H27N3O3. The highest BCUT2D eigenvalue weighted by molar-refractivity contribution is 6.00. The Labute approximate surface area is 159 Å². The first-order valence-corrected chi connectivity index (χ1v) is 9.91. The van der Waals surface area contributed by atoms with Gasteiger partial charge in [-0.3, -0.25) is 9.59 Å². The SMILES string of the molecule is CCCN1C(=O)c2ccc(-c3ccco3)n2C[C@]1(C)C(=O)NC1CCCC1. The van der Waals surface area contributed by atoms with Crippen molar-refractivity contribution in [1.29, 1.82) is 0 Å². The number of hydrogen-bond acceptors (Lipinski definition) is 3. The van der Waals surface area contributed by atoms with Gasteiger partial charge in [-0.1, -0.05) is 19.8 Å². The van der Waals surface area contributed by atoms with Gasteiger partial charge in [-0.25, -0.2) is 0 Å². The standard InChI is InChI=1S/C21H27N3O3/c1-3-12-24-19(25)17-11-10-16(18-9-6-13-27-18)23(17)14-21(24,2)20(26)22-15-7-4-5-8-15/h6,9-11,13,15H,3-5,7-8,12,14H2,1-2H3,(H,22,26)/t21-/m1/s1. The quantitative estimate of drug-likeness (QED) is 0.878. The van der Waals surface area contributed by atoms with Gasteiger partial charge in [0.1, 0.15) is 17.0 Å². The van der Waals surface area contributed by atoms with Crippen molar-refractivity contribution in [2.75, 3.05) is 6.54 Å². The Hall–Kier alpha value is -2.50. The molecule has 2 aromatic rings. The van der Waals surface area contributed by atoms with Crippen LogP contribution in [0.15, 0.2) is 34.9 Å². The Kier molecular flexibility index (Phi) is 4.58. The minimum atomic E-state index is -0.914. The minimum absolute atomic E-state index is 0.0547. The van der Waals surface area contributed by atoms with E-state index in [4.69, 9.17) is 4.42 Å². The van der Waals surface area contributed by atoms with Crippen molar-refractivity contribution in [2.45, 2.75) is 64.1 Å². The van der Waals surface area contributed by atoms with Gasteiger partial charge in [-0.05, 0) is 50.5 Å². The van der Waals surface area contributed by atoms with Crippen LogP contribution in [0.4, 0.5) is 0 Å². The molecule has 0 spiro atoms. The molecule has 6 heteroatoms. The molecule has 1 atom stereocenters. The van der Waals surface area contributed by atoms with Crippen molar-refractivity contribution >= 4 is 11.8 Å². The van der Waals surface area contributed by atoms with Crippen LogP contribution in [-0.2, 0) is 11.3 Å². The van der Waals surface area contributed by atoms with Crippen molar-refractivity contribution in [3.05, 3.63) is 36.2 Å². The molecule has 1 aliphatic carbocycles. The van der Waals surface area contributed by atoms with E-state index < -0.39 is 5.54 Å². The number of amides is 2. The molecular weight excluding hydrogens is 342 g/mol. The molecule has 1 aliphatic heterocycles. The first kappa shape index (κ1) is 17.9. The van der Waals surface area contributed by atoms with Crippen LogP contribution in [0.2, 0.25) is 0 Å². The molecule has 0 bridgehead atoms. The Morgan fingerprint density at radius 2 is 2.00 bits per heavy atom. The van der Waals surface area contributed by atoms with Gasteiger partial charge < -0.3 is 19.2 Å². The van der Waals surface area contributed by atoms with Gasteiger partial charge in [-0.15, -0.1) is 0 Å². The molecule has 144 valence electrons. The Morgan fingerprint density at radius 3 is 2.67 bits per heavy atom. The zero-order valence-corrected chi connectivity index (χ0v) is 16.0. The van der Waals surface area contributed by atoms with Gasteiger partial charge in [0, 0.05) is 12.6 Å². The van der Waals surface area contributed by atoms with Crippen LogP contribution in [0.3, 0.4) is 0 Å². The number of furan rings is 1. The molecule has 4 rings (SSSR count). The lowest BCUT2D eigenvalue weighted by Gasteiger charge is -2.44. The lowest BCUT2D eigenvalue weighted by atomic mass is 9.93. The molecule has 0 unspecified atom stereocenters. The monoisotopic (exact) mass is 369 g/mol. The molecule has 0 aromatic carbocycles. The normalized spacial score (nSPS) is 22.9. The van der Waals surface area contributed by atoms with E-state index in [1.54, 1.807) is 11.2 Å². The van der Waals surface area contributed by atoms with Gasteiger partial charge in [-0.2, -0.15) is 0 Å². The van der Waals surface area contributed by atoms with Crippen molar-refractivity contribution in [1.82, 2.24) is 14.8 Å². The number of hydrogen-bond donors (Lipinski definition) is 1. The van der Waals surface area contributed by atoms with E-state index >= 15 is 0 Å². The summed E-state index contributed by atoms with van der Waals surface area (Å²) in [7, 11) is 0. The summed E-state index contributed by atoms with van der Waals surface area (Å²) in [5.74, 6) is 0.558. The van der Waals surface area contributed by atoms with E-state index in [0.29, 0.717) is 24.5 Å². The first-order chi connectivity index (χ1) is 13.0. The molecule has 2 aromatic heterocycles. The summed E-state index contributed by atoms with van der Waals surface area (Å²) in [5.41, 5.74) is 0.531. The van der Waals surface area contributed by atoms with Crippen LogP contribution in [0, 0.1) is 0 Å². The maximum Gasteiger partial charge on any atom is 0.271 e. The van der Waals surface area contributed by atoms with Crippen LogP contribution in [0.5, 0.6) is 0 Å². The number of aromatic nitrogens is 1. The van der Waals surface area contributed by atoms with E-state index in [0.717, 1.165) is 37.8 Å². The summed E-state index contributed by atoms with van der Waals surface area (Å²) in [5, 5.41) is 3.21. The van der Waals surface area contributed by atoms with E-state index in [1.165, 1.54) is 0 Å². The third-order valence-electron chi connectivity index (χ3n) is 5.91. The summed E-state index contributed by atoms with van der Waals surface area (Å²) in [4.78, 5) is 28.3. The second-order valence-corrected chi connectivity index (χ2v) is 7.85. The fraction of sp³-hybridized carbons (Fsp3) is 0.524. The Balaban J connectivity index is 1.71. The lowest BCUT2D eigenvalue weighted by molar-refractivity contribution is -0.133. The van der Waals surface area contributed by atoms with Gasteiger partial charge >= 0.3 is 0 Å². The number of rotatable bonds is 5. The molecule has 0 saturated heterocycles.